The predicted molar refractivity (Wildman–Crippen MR) is 63.6 cm³/mol. The van der Waals surface area contributed by atoms with Gasteiger partial charge in [0.2, 0.25) is 5.95 Å². The third kappa shape index (κ3) is 1.87. The van der Waals surface area contributed by atoms with Gasteiger partial charge in [0.25, 0.3) is 0 Å². The van der Waals surface area contributed by atoms with Crippen molar-refractivity contribution < 1.29 is 0 Å². The van der Waals surface area contributed by atoms with E-state index >= 15 is 0 Å². The zero-order valence-corrected chi connectivity index (χ0v) is 9.48. The van der Waals surface area contributed by atoms with Crippen LogP contribution in [0.3, 0.4) is 0 Å². The zero-order chi connectivity index (χ0) is 11.0. The van der Waals surface area contributed by atoms with Crippen LogP contribution in [-0.4, -0.2) is 21.1 Å². The van der Waals surface area contributed by atoms with E-state index in [1.54, 1.807) is 0 Å². The Morgan fingerprint density at radius 2 is 2.38 bits per heavy atom. The van der Waals surface area contributed by atoms with Gasteiger partial charge >= 0.3 is 0 Å². The summed E-state index contributed by atoms with van der Waals surface area (Å²) in [5.74, 6) is 1.70. The maximum absolute atomic E-state index is 4.47. The number of pyridine rings is 1. The number of rotatable bonds is 4. The molecule has 1 N–H and O–H groups in total. The second-order valence-electron chi connectivity index (χ2n) is 4.55. The lowest BCUT2D eigenvalue weighted by Gasteiger charge is -1.98. The summed E-state index contributed by atoms with van der Waals surface area (Å²) in [6, 6.07) is 4.04. The molecule has 1 aliphatic carbocycles. The van der Waals surface area contributed by atoms with Gasteiger partial charge in [-0.05, 0) is 30.9 Å². The van der Waals surface area contributed by atoms with E-state index in [2.05, 4.69) is 28.4 Å². The van der Waals surface area contributed by atoms with Gasteiger partial charge in [-0.25, -0.2) is 4.52 Å². The fraction of sp³-hybridized carbons (Fsp3) is 0.500. The monoisotopic (exact) mass is 216 g/mol. The molecule has 0 bridgehead atoms. The standard InChI is InChI=1S/C12H16N4/c1-9-3-2-8-16-11(9)14-12(15-16)13-7-6-10-4-5-10/h2-3,8,10H,4-7H2,1H3,(H,13,15). The molecule has 2 aromatic rings. The Morgan fingerprint density at radius 1 is 1.50 bits per heavy atom. The van der Waals surface area contributed by atoms with Gasteiger partial charge in [0.1, 0.15) is 0 Å². The number of anilines is 1. The highest BCUT2D eigenvalue weighted by atomic mass is 15.3. The quantitative estimate of drug-likeness (QED) is 0.852. The first-order valence-electron chi connectivity index (χ1n) is 5.89. The van der Waals surface area contributed by atoms with E-state index in [1.807, 2.05) is 16.8 Å². The van der Waals surface area contributed by atoms with Crippen LogP contribution in [0.5, 0.6) is 0 Å². The van der Waals surface area contributed by atoms with Crippen molar-refractivity contribution in [1.29, 1.82) is 0 Å². The van der Waals surface area contributed by atoms with Crippen LogP contribution in [-0.2, 0) is 0 Å². The SMILES string of the molecule is Cc1cccn2nc(NCCC3CC3)nc12. The Labute approximate surface area is 94.7 Å². The van der Waals surface area contributed by atoms with E-state index in [9.17, 15) is 0 Å². The normalized spacial score (nSPS) is 15.6. The molecule has 4 nitrogen and oxygen atoms in total. The van der Waals surface area contributed by atoms with Crippen molar-refractivity contribution in [2.24, 2.45) is 5.92 Å². The molecule has 1 fully saturated rings. The molecule has 16 heavy (non-hydrogen) atoms. The molecule has 0 unspecified atom stereocenters. The lowest BCUT2D eigenvalue weighted by Crippen LogP contribution is -2.03. The first kappa shape index (κ1) is 9.63. The van der Waals surface area contributed by atoms with E-state index in [1.165, 1.54) is 19.3 Å². The number of aryl methyl sites for hydroxylation is 1. The summed E-state index contributed by atoms with van der Waals surface area (Å²) in [4.78, 5) is 4.47. The van der Waals surface area contributed by atoms with Gasteiger partial charge in [0.05, 0.1) is 0 Å². The summed E-state index contributed by atoms with van der Waals surface area (Å²) in [5.41, 5.74) is 2.10. The average Bonchev–Trinajstić information content (AvgIpc) is 2.98. The minimum absolute atomic E-state index is 0.745. The van der Waals surface area contributed by atoms with Crippen molar-refractivity contribution in [3.63, 3.8) is 0 Å². The molecule has 0 aliphatic heterocycles. The highest BCUT2D eigenvalue weighted by molar-refractivity contribution is 5.49. The van der Waals surface area contributed by atoms with Crippen LogP contribution >= 0.6 is 0 Å². The fourth-order valence-electron chi connectivity index (χ4n) is 1.91. The van der Waals surface area contributed by atoms with E-state index in [0.29, 0.717) is 0 Å². The second-order valence-corrected chi connectivity index (χ2v) is 4.55. The summed E-state index contributed by atoms with van der Waals surface area (Å²) in [7, 11) is 0. The van der Waals surface area contributed by atoms with Crippen molar-refractivity contribution in [2.75, 3.05) is 11.9 Å². The van der Waals surface area contributed by atoms with Crippen LogP contribution in [0.4, 0.5) is 5.95 Å². The summed E-state index contributed by atoms with van der Waals surface area (Å²) >= 11 is 0. The van der Waals surface area contributed by atoms with Gasteiger partial charge in [0, 0.05) is 12.7 Å². The Bertz CT molecular complexity index is 499. The highest BCUT2D eigenvalue weighted by Gasteiger charge is 2.20. The largest absolute Gasteiger partial charge is 0.353 e. The summed E-state index contributed by atoms with van der Waals surface area (Å²) < 4.78 is 1.83. The van der Waals surface area contributed by atoms with E-state index in [4.69, 9.17) is 0 Å². The van der Waals surface area contributed by atoms with Gasteiger partial charge in [-0.3, -0.25) is 0 Å². The Hall–Kier alpha value is -1.58. The fourth-order valence-corrected chi connectivity index (χ4v) is 1.91. The minimum atomic E-state index is 0.745. The van der Waals surface area contributed by atoms with Crippen LogP contribution in [0.15, 0.2) is 18.3 Å². The van der Waals surface area contributed by atoms with Crippen LogP contribution in [0, 0.1) is 12.8 Å². The van der Waals surface area contributed by atoms with E-state index in [0.717, 1.165) is 29.6 Å². The first-order valence-corrected chi connectivity index (χ1v) is 5.89. The molecule has 2 aromatic heterocycles. The Kier molecular flexibility index (Phi) is 2.27. The number of hydrogen-bond acceptors (Lipinski definition) is 3. The van der Waals surface area contributed by atoms with Crippen molar-refractivity contribution >= 4 is 11.6 Å². The molecule has 0 spiro atoms. The average molecular weight is 216 g/mol. The van der Waals surface area contributed by atoms with Gasteiger partial charge < -0.3 is 5.32 Å². The number of nitrogens with one attached hydrogen (secondary N) is 1. The summed E-state index contributed by atoms with van der Waals surface area (Å²) in [5, 5.41) is 7.67. The van der Waals surface area contributed by atoms with E-state index < -0.39 is 0 Å². The lowest BCUT2D eigenvalue weighted by molar-refractivity contribution is 0.755. The van der Waals surface area contributed by atoms with E-state index in [-0.39, 0.29) is 0 Å². The molecule has 4 heteroatoms. The molecule has 0 radical (unpaired) electrons. The molecular weight excluding hydrogens is 200 g/mol. The van der Waals surface area contributed by atoms with Crippen molar-refractivity contribution in [3.05, 3.63) is 23.9 Å². The topological polar surface area (TPSA) is 42.2 Å². The number of fused-ring (bicyclic) bond motifs is 1. The Balaban J connectivity index is 1.73. The third-order valence-electron chi connectivity index (χ3n) is 3.09. The molecule has 84 valence electrons. The van der Waals surface area contributed by atoms with Crippen LogP contribution in [0.2, 0.25) is 0 Å². The zero-order valence-electron chi connectivity index (χ0n) is 9.48. The molecular formula is C12H16N4. The van der Waals surface area contributed by atoms with Crippen LogP contribution < -0.4 is 5.32 Å². The van der Waals surface area contributed by atoms with Gasteiger partial charge in [-0.15, -0.1) is 5.10 Å². The smallest absolute Gasteiger partial charge is 0.243 e. The third-order valence-corrected chi connectivity index (χ3v) is 3.09. The highest BCUT2D eigenvalue weighted by Crippen LogP contribution is 2.31. The molecule has 1 saturated carbocycles. The van der Waals surface area contributed by atoms with Crippen LogP contribution in [0.25, 0.3) is 5.65 Å². The lowest BCUT2D eigenvalue weighted by atomic mass is 10.3. The molecule has 2 heterocycles. The minimum Gasteiger partial charge on any atom is -0.353 e. The van der Waals surface area contributed by atoms with Crippen LogP contribution in [0.1, 0.15) is 24.8 Å². The number of nitrogens with zero attached hydrogens (tertiary/aromatic N) is 3. The van der Waals surface area contributed by atoms with Crippen molar-refractivity contribution in [1.82, 2.24) is 14.6 Å². The molecule has 0 atom stereocenters. The van der Waals surface area contributed by atoms with Gasteiger partial charge in [0.15, 0.2) is 5.65 Å². The van der Waals surface area contributed by atoms with Gasteiger partial charge in [-0.1, -0.05) is 18.9 Å². The molecule has 3 rings (SSSR count). The molecule has 0 aromatic carbocycles. The molecule has 0 saturated heterocycles. The summed E-state index contributed by atoms with van der Waals surface area (Å²) in [6.07, 6.45) is 5.98. The predicted octanol–water partition coefficient (Wildman–Crippen LogP) is 2.25. The first-order chi connectivity index (χ1) is 7.83. The molecule has 0 amide bonds. The number of hydrogen-bond donors (Lipinski definition) is 1. The second kappa shape index (κ2) is 3.77. The molecule has 1 aliphatic rings. The number of aromatic nitrogens is 3. The van der Waals surface area contributed by atoms with Crippen molar-refractivity contribution in [2.45, 2.75) is 26.2 Å². The Morgan fingerprint density at radius 3 is 3.12 bits per heavy atom. The van der Waals surface area contributed by atoms with Crippen molar-refractivity contribution in [3.8, 4) is 0 Å². The maximum atomic E-state index is 4.47. The summed E-state index contributed by atoms with van der Waals surface area (Å²) in [6.45, 7) is 3.04. The maximum Gasteiger partial charge on any atom is 0.243 e. The van der Waals surface area contributed by atoms with Gasteiger partial charge in [-0.2, -0.15) is 4.98 Å².